The van der Waals surface area contributed by atoms with Crippen molar-refractivity contribution >= 4 is 49.9 Å². The summed E-state index contributed by atoms with van der Waals surface area (Å²) in [6.07, 6.45) is 1.37. The highest BCUT2D eigenvalue weighted by Crippen LogP contribution is 2.29. The second-order valence-corrected chi connectivity index (χ2v) is 6.30. The van der Waals surface area contributed by atoms with Gasteiger partial charge in [-0.25, -0.2) is 15.0 Å². The van der Waals surface area contributed by atoms with Gasteiger partial charge in [0, 0.05) is 19.0 Å². The van der Waals surface area contributed by atoms with Crippen LogP contribution < -0.4 is 16.4 Å². The van der Waals surface area contributed by atoms with E-state index in [1.54, 1.807) is 6.07 Å². The minimum absolute atomic E-state index is 0.170. The highest BCUT2D eigenvalue weighted by Gasteiger charge is 2.17. The summed E-state index contributed by atoms with van der Waals surface area (Å²) in [5.41, 5.74) is 8.10. The van der Waals surface area contributed by atoms with Crippen LogP contribution in [0.25, 0.3) is 10.2 Å². The number of aromatic nitrogens is 3. The molecule has 2 aromatic heterocycles. The minimum Gasteiger partial charge on any atom is -0.383 e. The molecule has 0 saturated heterocycles. The van der Waals surface area contributed by atoms with Gasteiger partial charge in [-0.2, -0.15) is 0 Å². The zero-order chi connectivity index (χ0) is 18.0. The van der Waals surface area contributed by atoms with Gasteiger partial charge in [0.05, 0.1) is 21.5 Å². The standard InChI is InChI=1S/C16H17N7OS/c1-3-19-15-12(14(18)20-7-21-15)13(17)9-4-5-10-11(6-9)25-16(23-10)22-8(2)24/h4-7,17H,3H2,1-2H3,(H,22,23,24)(H3,18,19,20,21). The molecule has 5 N–H and O–H groups in total. The second-order valence-electron chi connectivity index (χ2n) is 5.27. The monoisotopic (exact) mass is 355 g/mol. The van der Waals surface area contributed by atoms with Crippen LogP contribution in [0, 0.1) is 5.41 Å². The predicted molar refractivity (Wildman–Crippen MR) is 100 cm³/mol. The van der Waals surface area contributed by atoms with Crippen LogP contribution in [0.2, 0.25) is 0 Å². The molecule has 0 aliphatic heterocycles. The average Bonchev–Trinajstić information content (AvgIpc) is 2.95. The molecular formula is C16H17N7OS. The zero-order valence-electron chi connectivity index (χ0n) is 13.8. The van der Waals surface area contributed by atoms with E-state index < -0.39 is 0 Å². The van der Waals surface area contributed by atoms with E-state index in [2.05, 4.69) is 25.6 Å². The molecular weight excluding hydrogens is 338 g/mol. The van der Waals surface area contributed by atoms with E-state index in [-0.39, 0.29) is 17.4 Å². The number of nitrogen functional groups attached to an aromatic ring is 1. The number of nitrogens with one attached hydrogen (secondary N) is 3. The van der Waals surface area contributed by atoms with E-state index in [1.807, 2.05) is 19.1 Å². The molecule has 0 saturated carbocycles. The maximum atomic E-state index is 11.2. The van der Waals surface area contributed by atoms with Crippen molar-refractivity contribution in [2.24, 2.45) is 0 Å². The van der Waals surface area contributed by atoms with Gasteiger partial charge >= 0.3 is 0 Å². The topological polar surface area (TPSA) is 130 Å². The number of hydrogen-bond acceptors (Lipinski definition) is 8. The van der Waals surface area contributed by atoms with Gasteiger partial charge in [-0.15, -0.1) is 0 Å². The van der Waals surface area contributed by atoms with E-state index in [1.165, 1.54) is 24.6 Å². The van der Waals surface area contributed by atoms with Crippen LogP contribution in [0.5, 0.6) is 0 Å². The summed E-state index contributed by atoms with van der Waals surface area (Å²) in [5.74, 6) is 0.610. The van der Waals surface area contributed by atoms with Crippen molar-refractivity contribution in [2.75, 3.05) is 22.9 Å². The molecule has 2 heterocycles. The Bertz CT molecular complexity index is 966. The maximum absolute atomic E-state index is 11.2. The van der Waals surface area contributed by atoms with Crippen LogP contribution in [-0.2, 0) is 4.79 Å². The third-order valence-corrected chi connectivity index (χ3v) is 4.36. The third kappa shape index (κ3) is 3.41. The number of thiazole rings is 1. The summed E-state index contributed by atoms with van der Waals surface area (Å²) in [7, 11) is 0. The van der Waals surface area contributed by atoms with Crippen molar-refractivity contribution in [3.05, 3.63) is 35.7 Å². The van der Waals surface area contributed by atoms with Crippen molar-refractivity contribution < 1.29 is 4.79 Å². The van der Waals surface area contributed by atoms with Gasteiger partial charge < -0.3 is 16.4 Å². The van der Waals surface area contributed by atoms with Gasteiger partial charge in [0.25, 0.3) is 0 Å². The number of carbonyl (C=O) groups excluding carboxylic acids is 1. The van der Waals surface area contributed by atoms with Crippen molar-refractivity contribution in [3.8, 4) is 0 Å². The Labute approximate surface area is 148 Å². The Hall–Kier alpha value is -3.07. The van der Waals surface area contributed by atoms with E-state index >= 15 is 0 Å². The molecule has 1 aromatic carbocycles. The van der Waals surface area contributed by atoms with Crippen LogP contribution in [0.4, 0.5) is 16.8 Å². The predicted octanol–water partition coefficient (Wildman–Crippen LogP) is 2.47. The molecule has 3 rings (SSSR count). The zero-order valence-corrected chi connectivity index (χ0v) is 14.6. The number of carbonyl (C=O) groups is 1. The fraction of sp³-hybridized carbons (Fsp3) is 0.188. The summed E-state index contributed by atoms with van der Waals surface area (Å²) < 4.78 is 0.867. The largest absolute Gasteiger partial charge is 0.383 e. The lowest BCUT2D eigenvalue weighted by atomic mass is 10.0. The van der Waals surface area contributed by atoms with E-state index in [0.717, 1.165) is 10.2 Å². The SMILES string of the molecule is CCNc1ncnc(N)c1C(=N)c1ccc2nc(NC(C)=O)sc2c1. The average molecular weight is 355 g/mol. The minimum atomic E-state index is -0.170. The number of nitrogens with two attached hydrogens (primary N) is 1. The summed E-state index contributed by atoms with van der Waals surface area (Å²) >= 11 is 1.35. The molecule has 9 heteroatoms. The molecule has 1 amide bonds. The number of rotatable bonds is 5. The highest BCUT2D eigenvalue weighted by molar-refractivity contribution is 7.22. The number of anilines is 3. The smallest absolute Gasteiger partial charge is 0.223 e. The summed E-state index contributed by atoms with van der Waals surface area (Å²) in [6.45, 7) is 4.04. The van der Waals surface area contributed by atoms with Gasteiger partial charge in [0.1, 0.15) is 18.0 Å². The Kier molecular flexibility index (Phi) is 4.57. The summed E-state index contributed by atoms with van der Waals surface area (Å²) in [5, 5.41) is 14.8. The van der Waals surface area contributed by atoms with Crippen molar-refractivity contribution in [3.63, 3.8) is 0 Å². The first-order valence-corrected chi connectivity index (χ1v) is 8.43. The molecule has 0 spiro atoms. The molecule has 0 unspecified atom stereocenters. The number of hydrogen-bond donors (Lipinski definition) is 4. The molecule has 25 heavy (non-hydrogen) atoms. The molecule has 0 aliphatic carbocycles. The molecule has 0 aliphatic rings. The number of benzene rings is 1. The van der Waals surface area contributed by atoms with Crippen molar-refractivity contribution in [1.29, 1.82) is 5.41 Å². The van der Waals surface area contributed by atoms with Crippen molar-refractivity contribution in [2.45, 2.75) is 13.8 Å². The molecule has 0 bridgehead atoms. The summed E-state index contributed by atoms with van der Waals surface area (Å²) in [6, 6.07) is 5.46. The molecule has 3 aromatic rings. The fourth-order valence-electron chi connectivity index (χ4n) is 2.38. The Morgan fingerprint density at radius 2 is 2.16 bits per heavy atom. The van der Waals surface area contributed by atoms with Gasteiger partial charge in [-0.1, -0.05) is 17.4 Å². The first kappa shape index (κ1) is 16.8. The molecule has 0 fully saturated rings. The van der Waals surface area contributed by atoms with Crippen molar-refractivity contribution in [1.82, 2.24) is 15.0 Å². The second kappa shape index (κ2) is 6.81. The Morgan fingerprint density at radius 1 is 1.36 bits per heavy atom. The van der Waals surface area contributed by atoms with Gasteiger partial charge in [0.15, 0.2) is 5.13 Å². The lowest BCUT2D eigenvalue weighted by molar-refractivity contribution is -0.114. The molecule has 128 valence electrons. The lowest BCUT2D eigenvalue weighted by Gasteiger charge is -2.12. The van der Waals surface area contributed by atoms with Gasteiger partial charge in [-0.3, -0.25) is 10.2 Å². The quantitative estimate of drug-likeness (QED) is 0.520. The first-order valence-electron chi connectivity index (χ1n) is 7.61. The number of nitrogens with zero attached hydrogens (tertiary/aromatic N) is 3. The third-order valence-electron chi connectivity index (χ3n) is 3.43. The van der Waals surface area contributed by atoms with E-state index in [0.29, 0.717) is 28.6 Å². The Balaban J connectivity index is 2.01. The highest BCUT2D eigenvalue weighted by atomic mass is 32.1. The van der Waals surface area contributed by atoms with E-state index in [4.69, 9.17) is 11.1 Å². The van der Waals surface area contributed by atoms with Crippen LogP contribution >= 0.6 is 11.3 Å². The molecule has 0 radical (unpaired) electrons. The van der Waals surface area contributed by atoms with Gasteiger partial charge in [0.2, 0.25) is 5.91 Å². The van der Waals surface area contributed by atoms with Gasteiger partial charge in [-0.05, 0) is 19.1 Å². The Morgan fingerprint density at radius 3 is 2.88 bits per heavy atom. The van der Waals surface area contributed by atoms with Crippen LogP contribution in [0.1, 0.15) is 25.0 Å². The lowest BCUT2D eigenvalue weighted by Crippen LogP contribution is -2.13. The van der Waals surface area contributed by atoms with Crippen LogP contribution in [0.3, 0.4) is 0 Å². The maximum Gasteiger partial charge on any atom is 0.223 e. The number of fused-ring (bicyclic) bond motifs is 1. The fourth-order valence-corrected chi connectivity index (χ4v) is 3.33. The molecule has 8 nitrogen and oxygen atoms in total. The van der Waals surface area contributed by atoms with Crippen LogP contribution in [0.15, 0.2) is 24.5 Å². The molecule has 0 atom stereocenters. The first-order chi connectivity index (χ1) is 12.0. The normalized spacial score (nSPS) is 10.6. The number of amides is 1. The summed E-state index contributed by atoms with van der Waals surface area (Å²) in [4.78, 5) is 23.7. The van der Waals surface area contributed by atoms with E-state index in [9.17, 15) is 4.79 Å². The van der Waals surface area contributed by atoms with Crippen LogP contribution in [-0.4, -0.2) is 33.1 Å².